The van der Waals surface area contributed by atoms with Crippen LogP contribution in [0, 0.1) is 11.8 Å². The number of aliphatic carboxylic acids is 1. The highest BCUT2D eigenvalue weighted by atomic mass is 19.4. The van der Waals surface area contributed by atoms with Crippen molar-refractivity contribution in [3.63, 3.8) is 0 Å². The van der Waals surface area contributed by atoms with Crippen LogP contribution in [0.1, 0.15) is 35.9 Å². The standard InChI is InChI=1S/C20H29N5O2.C2HF3O2/c1-14(2)25-10-15(7-22-25)9-24-11-17-16(13-27-19(17)12-24)8-21-20(26)18-5-4-6-23(18)3;3-2(4,5)1(6)7/h4-7,10,14,16-17,19H,8-9,11-13H2,1-3H3,(H,21,26);(H,6,7)/t16-,17-,19-;/m1./s1. The molecule has 188 valence electrons. The first kappa shape index (κ1) is 25.8. The number of fused-ring (bicyclic) bond motifs is 1. The minimum Gasteiger partial charge on any atom is -0.475 e. The highest BCUT2D eigenvalue weighted by molar-refractivity contribution is 5.92. The summed E-state index contributed by atoms with van der Waals surface area (Å²) in [6.07, 6.45) is 1.19. The summed E-state index contributed by atoms with van der Waals surface area (Å²) >= 11 is 0. The molecule has 2 saturated heterocycles. The Labute approximate surface area is 195 Å². The molecule has 0 radical (unpaired) electrons. The van der Waals surface area contributed by atoms with Crippen LogP contribution in [0.2, 0.25) is 0 Å². The fourth-order valence-corrected chi connectivity index (χ4v) is 4.23. The van der Waals surface area contributed by atoms with Gasteiger partial charge in [0.1, 0.15) is 5.69 Å². The second-order valence-electron chi connectivity index (χ2n) is 8.93. The third-order valence-electron chi connectivity index (χ3n) is 6.05. The maximum Gasteiger partial charge on any atom is 0.490 e. The Kier molecular flexibility index (Phi) is 8.03. The summed E-state index contributed by atoms with van der Waals surface area (Å²) in [5.74, 6) is -1.91. The van der Waals surface area contributed by atoms with Crippen LogP contribution in [0.4, 0.5) is 13.2 Å². The number of likely N-dealkylation sites (tertiary alicyclic amines) is 1. The van der Waals surface area contributed by atoms with Crippen molar-refractivity contribution in [1.29, 1.82) is 0 Å². The van der Waals surface area contributed by atoms with Gasteiger partial charge in [-0.1, -0.05) is 0 Å². The van der Waals surface area contributed by atoms with Crippen LogP contribution in [-0.4, -0.2) is 74.8 Å². The van der Waals surface area contributed by atoms with Gasteiger partial charge in [-0.25, -0.2) is 4.79 Å². The third kappa shape index (κ3) is 6.38. The van der Waals surface area contributed by atoms with Crippen LogP contribution in [0.15, 0.2) is 30.7 Å². The number of aryl methyl sites for hydroxylation is 1. The summed E-state index contributed by atoms with van der Waals surface area (Å²) in [6.45, 7) is 8.57. The van der Waals surface area contributed by atoms with E-state index in [1.807, 2.05) is 40.8 Å². The lowest BCUT2D eigenvalue weighted by Crippen LogP contribution is -2.34. The van der Waals surface area contributed by atoms with E-state index in [1.54, 1.807) is 0 Å². The van der Waals surface area contributed by atoms with Crippen LogP contribution in [-0.2, 0) is 23.1 Å². The van der Waals surface area contributed by atoms with Gasteiger partial charge in [-0.15, -0.1) is 0 Å². The molecule has 0 bridgehead atoms. The number of rotatable bonds is 6. The Morgan fingerprint density at radius 1 is 1.32 bits per heavy atom. The van der Waals surface area contributed by atoms with Gasteiger partial charge in [0.15, 0.2) is 0 Å². The first-order valence-corrected chi connectivity index (χ1v) is 11.0. The normalized spacial score (nSPS) is 22.4. The maximum absolute atomic E-state index is 12.3. The number of aromatic nitrogens is 3. The van der Waals surface area contributed by atoms with Gasteiger partial charge in [0.25, 0.3) is 5.91 Å². The summed E-state index contributed by atoms with van der Waals surface area (Å²) in [6, 6.07) is 4.12. The predicted octanol–water partition coefficient (Wildman–Crippen LogP) is 2.31. The van der Waals surface area contributed by atoms with Crippen molar-refractivity contribution in [1.82, 2.24) is 24.6 Å². The Morgan fingerprint density at radius 3 is 2.59 bits per heavy atom. The molecule has 9 nitrogen and oxygen atoms in total. The molecule has 0 spiro atoms. The number of carboxylic acids is 1. The quantitative estimate of drug-likeness (QED) is 0.651. The third-order valence-corrected chi connectivity index (χ3v) is 6.05. The molecule has 0 saturated carbocycles. The molecule has 0 aromatic carbocycles. The van der Waals surface area contributed by atoms with Gasteiger partial charge in [-0.2, -0.15) is 18.3 Å². The number of carboxylic acid groups (broad SMARTS) is 1. The minimum atomic E-state index is -5.08. The zero-order valence-electron chi connectivity index (χ0n) is 19.3. The van der Waals surface area contributed by atoms with E-state index in [0.29, 0.717) is 30.1 Å². The topological polar surface area (TPSA) is 102 Å². The number of hydrogen-bond donors (Lipinski definition) is 2. The zero-order valence-corrected chi connectivity index (χ0v) is 19.3. The molecule has 12 heteroatoms. The average Bonchev–Trinajstić information content (AvgIpc) is 3.51. The van der Waals surface area contributed by atoms with Gasteiger partial charge in [0.05, 0.1) is 18.9 Å². The number of nitrogens with one attached hydrogen (secondary N) is 1. The summed E-state index contributed by atoms with van der Waals surface area (Å²) in [4.78, 5) is 23.7. The highest BCUT2D eigenvalue weighted by Crippen LogP contribution is 2.34. The first-order valence-electron chi connectivity index (χ1n) is 11.0. The molecule has 0 aliphatic carbocycles. The lowest BCUT2D eigenvalue weighted by Gasteiger charge is -2.19. The molecule has 2 aliphatic rings. The molecule has 2 N–H and O–H groups in total. The molecule has 34 heavy (non-hydrogen) atoms. The van der Waals surface area contributed by atoms with E-state index >= 15 is 0 Å². The Hall–Kier alpha value is -2.86. The Morgan fingerprint density at radius 2 is 2.03 bits per heavy atom. The molecular weight excluding hydrogens is 455 g/mol. The fourth-order valence-electron chi connectivity index (χ4n) is 4.23. The van der Waals surface area contributed by atoms with Crippen LogP contribution in [0.3, 0.4) is 0 Å². The molecule has 2 aromatic heterocycles. The lowest BCUT2D eigenvalue weighted by molar-refractivity contribution is -0.192. The zero-order chi connectivity index (χ0) is 25.0. The number of ether oxygens (including phenoxy) is 1. The summed E-state index contributed by atoms with van der Waals surface area (Å²) in [5.41, 5.74) is 1.94. The van der Waals surface area contributed by atoms with Crippen molar-refractivity contribution >= 4 is 11.9 Å². The largest absolute Gasteiger partial charge is 0.490 e. The average molecular weight is 486 g/mol. The van der Waals surface area contributed by atoms with Crippen molar-refractivity contribution in [3.8, 4) is 0 Å². The van der Waals surface area contributed by atoms with Gasteiger partial charge >= 0.3 is 12.1 Å². The van der Waals surface area contributed by atoms with Crippen LogP contribution in [0.25, 0.3) is 0 Å². The van der Waals surface area contributed by atoms with E-state index in [2.05, 4.69) is 35.4 Å². The van der Waals surface area contributed by atoms with Crippen LogP contribution in [0.5, 0.6) is 0 Å². The first-order chi connectivity index (χ1) is 16.0. The second kappa shape index (κ2) is 10.6. The van der Waals surface area contributed by atoms with E-state index in [4.69, 9.17) is 14.6 Å². The number of alkyl halides is 3. The van der Waals surface area contributed by atoms with E-state index in [1.165, 1.54) is 5.56 Å². The van der Waals surface area contributed by atoms with Crippen LogP contribution < -0.4 is 5.32 Å². The number of hydrogen-bond acceptors (Lipinski definition) is 5. The number of halogens is 3. The molecule has 2 fully saturated rings. The second-order valence-corrected chi connectivity index (χ2v) is 8.93. The van der Waals surface area contributed by atoms with Crippen molar-refractivity contribution in [3.05, 3.63) is 42.0 Å². The fraction of sp³-hybridized carbons (Fsp3) is 0.591. The molecule has 2 aromatic rings. The Bertz CT molecular complexity index is 987. The minimum absolute atomic E-state index is 0.0121. The molecule has 4 rings (SSSR count). The van der Waals surface area contributed by atoms with Crippen LogP contribution >= 0.6 is 0 Å². The van der Waals surface area contributed by atoms with E-state index < -0.39 is 12.1 Å². The van der Waals surface area contributed by atoms with Crippen molar-refractivity contribution in [2.45, 2.75) is 38.7 Å². The molecule has 1 amide bonds. The molecule has 0 unspecified atom stereocenters. The number of carbonyl (C=O) groups is 2. The number of nitrogens with zero attached hydrogens (tertiary/aromatic N) is 4. The maximum atomic E-state index is 12.3. The van der Waals surface area contributed by atoms with E-state index in [0.717, 1.165) is 26.2 Å². The van der Waals surface area contributed by atoms with Crippen molar-refractivity contribution in [2.24, 2.45) is 18.9 Å². The summed E-state index contributed by atoms with van der Waals surface area (Å²) in [5, 5.41) is 14.6. The predicted molar refractivity (Wildman–Crippen MR) is 116 cm³/mol. The van der Waals surface area contributed by atoms with Gasteiger partial charge in [-0.05, 0) is 26.0 Å². The highest BCUT2D eigenvalue weighted by Gasteiger charge is 2.43. The van der Waals surface area contributed by atoms with Crippen molar-refractivity contribution < 1.29 is 32.6 Å². The Balaban J connectivity index is 0.000000406. The monoisotopic (exact) mass is 485 g/mol. The van der Waals surface area contributed by atoms with E-state index in [9.17, 15) is 18.0 Å². The SMILES string of the molecule is CC(C)n1cc(CN2C[C@@H]3[C@H](CNC(=O)c4cccn4C)CO[C@@H]3C2)cn1.O=C(O)C(F)(F)F. The lowest BCUT2D eigenvalue weighted by atomic mass is 9.93. The summed E-state index contributed by atoms with van der Waals surface area (Å²) < 4.78 is 41.6. The van der Waals surface area contributed by atoms with E-state index in [-0.39, 0.29) is 12.0 Å². The smallest absolute Gasteiger partial charge is 0.475 e. The molecule has 4 heterocycles. The number of carbonyl (C=O) groups excluding carboxylic acids is 1. The van der Waals surface area contributed by atoms with Gasteiger partial charge in [0.2, 0.25) is 0 Å². The van der Waals surface area contributed by atoms with Gasteiger partial charge in [-0.3, -0.25) is 14.4 Å². The molecule has 3 atom stereocenters. The summed E-state index contributed by atoms with van der Waals surface area (Å²) in [7, 11) is 1.89. The van der Waals surface area contributed by atoms with Gasteiger partial charge < -0.3 is 19.7 Å². The number of amides is 1. The van der Waals surface area contributed by atoms with Gasteiger partial charge in [0, 0.05) is 69.1 Å². The van der Waals surface area contributed by atoms with Crippen molar-refractivity contribution in [2.75, 3.05) is 26.2 Å². The molecular formula is C22H30F3N5O4. The molecule has 2 aliphatic heterocycles.